The van der Waals surface area contributed by atoms with Gasteiger partial charge >= 0.3 is 0 Å². The number of ether oxygens (including phenoxy) is 2. The van der Waals surface area contributed by atoms with E-state index in [1.54, 1.807) is 60.3 Å². The first kappa shape index (κ1) is 33.9. The largest absolute Gasteiger partial charge is 0.493 e. The molecule has 3 amide bonds. The number of nitrogens with one attached hydrogen (secondary N) is 3. The number of anilines is 2. The zero-order valence-electron chi connectivity index (χ0n) is 27.5. The second kappa shape index (κ2) is 15.4. The Morgan fingerprint density at radius 1 is 1.04 bits per heavy atom. The summed E-state index contributed by atoms with van der Waals surface area (Å²) in [5.41, 5.74) is 2.77. The van der Waals surface area contributed by atoms with Gasteiger partial charge in [-0.25, -0.2) is 0 Å². The smallest absolute Gasteiger partial charge is 0.287 e. The third-order valence-corrected chi connectivity index (χ3v) is 8.06. The number of hydrogen-bond donors (Lipinski definition) is 3. The van der Waals surface area contributed by atoms with E-state index in [1.165, 1.54) is 7.11 Å². The van der Waals surface area contributed by atoms with Gasteiger partial charge in [-0.3, -0.25) is 29.1 Å². The van der Waals surface area contributed by atoms with Crippen LogP contribution in [0.2, 0.25) is 0 Å². The molecule has 1 aliphatic rings. The number of carbonyl (C=O) groups is 4. The Bertz CT molecular complexity index is 1840. The van der Waals surface area contributed by atoms with E-state index in [4.69, 9.17) is 13.9 Å². The van der Waals surface area contributed by atoms with Crippen LogP contribution in [-0.4, -0.2) is 79.6 Å². The Morgan fingerprint density at radius 3 is 2.60 bits per heavy atom. The molecule has 1 fully saturated rings. The molecule has 13 nitrogen and oxygen atoms in total. The van der Waals surface area contributed by atoms with E-state index in [9.17, 15) is 19.2 Å². The van der Waals surface area contributed by atoms with Crippen LogP contribution in [0.5, 0.6) is 11.5 Å². The third-order valence-electron chi connectivity index (χ3n) is 8.06. The molecule has 3 heterocycles. The molecule has 13 heteroatoms. The average Bonchev–Trinajstić information content (AvgIpc) is 3.79. The Kier molecular flexibility index (Phi) is 10.9. The Morgan fingerprint density at radius 2 is 1.88 bits per heavy atom. The van der Waals surface area contributed by atoms with Crippen molar-refractivity contribution in [2.75, 3.05) is 44.5 Å². The number of aromatic nitrogens is 1. The fourth-order valence-electron chi connectivity index (χ4n) is 5.51. The molecule has 1 unspecified atom stereocenters. The van der Waals surface area contributed by atoms with E-state index in [2.05, 4.69) is 32.9 Å². The van der Waals surface area contributed by atoms with Crippen molar-refractivity contribution in [1.82, 2.24) is 14.8 Å². The number of benzene rings is 2. The first-order chi connectivity index (χ1) is 23.2. The van der Waals surface area contributed by atoms with Crippen molar-refractivity contribution in [3.05, 3.63) is 65.7 Å². The Labute approximate surface area is 278 Å². The lowest BCUT2D eigenvalue weighted by atomic mass is 10.1. The maximum Gasteiger partial charge on any atom is 0.287 e. The molecule has 48 heavy (non-hydrogen) atoms. The normalized spacial score (nSPS) is 14.7. The van der Waals surface area contributed by atoms with Crippen molar-refractivity contribution in [3.63, 3.8) is 0 Å². The lowest BCUT2D eigenvalue weighted by Gasteiger charge is -2.15. The van der Waals surface area contributed by atoms with Gasteiger partial charge in [-0.1, -0.05) is 0 Å². The predicted octanol–water partition coefficient (Wildman–Crippen LogP) is 5.19. The Balaban J connectivity index is 1.14. The topological polar surface area (TPSA) is 156 Å². The van der Waals surface area contributed by atoms with Crippen molar-refractivity contribution in [2.24, 2.45) is 12.0 Å². The summed E-state index contributed by atoms with van der Waals surface area (Å²) in [6, 6.07) is 11.8. The SMILES string of the molecule is CCNC(=O)c1cc2cc(NC(=O)c3cc(NC(=O)CCCOc4cc(N=CC5CCCN5C)c(C=O)cc4OC)cn3C)ccc2o1. The van der Waals surface area contributed by atoms with Crippen molar-refractivity contribution >= 4 is 58.3 Å². The highest BCUT2D eigenvalue weighted by Gasteiger charge is 2.20. The molecular weight excluding hydrogens is 616 g/mol. The molecule has 0 saturated carbocycles. The summed E-state index contributed by atoms with van der Waals surface area (Å²) in [4.78, 5) is 56.4. The highest BCUT2D eigenvalue weighted by atomic mass is 16.5. The summed E-state index contributed by atoms with van der Waals surface area (Å²) in [6.07, 6.45) is 6.97. The zero-order chi connectivity index (χ0) is 34.2. The molecule has 2 aromatic heterocycles. The summed E-state index contributed by atoms with van der Waals surface area (Å²) < 4.78 is 18.6. The van der Waals surface area contributed by atoms with Gasteiger partial charge in [0.1, 0.15) is 11.3 Å². The number of aldehydes is 1. The van der Waals surface area contributed by atoms with Crippen LogP contribution in [-0.2, 0) is 11.8 Å². The summed E-state index contributed by atoms with van der Waals surface area (Å²) in [6.45, 7) is 3.54. The van der Waals surface area contributed by atoms with Gasteiger partial charge in [0.25, 0.3) is 11.8 Å². The lowest BCUT2D eigenvalue weighted by molar-refractivity contribution is -0.116. The summed E-state index contributed by atoms with van der Waals surface area (Å²) in [7, 11) is 5.26. The number of hydrogen-bond acceptors (Lipinski definition) is 9. The molecule has 4 aromatic rings. The molecule has 1 saturated heterocycles. The van der Waals surface area contributed by atoms with E-state index in [1.807, 2.05) is 13.1 Å². The minimum atomic E-state index is -0.369. The number of likely N-dealkylation sites (tertiary alicyclic amines) is 1. The van der Waals surface area contributed by atoms with Crippen LogP contribution in [0.15, 0.2) is 58.1 Å². The molecule has 0 radical (unpaired) electrons. The molecule has 3 N–H and O–H groups in total. The molecule has 0 aliphatic carbocycles. The van der Waals surface area contributed by atoms with E-state index >= 15 is 0 Å². The van der Waals surface area contributed by atoms with E-state index in [0.29, 0.717) is 63.8 Å². The van der Waals surface area contributed by atoms with E-state index in [-0.39, 0.29) is 42.6 Å². The minimum Gasteiger partial charge on any atom is -0.493 e. The fraction of sp³-hybridized carbons (Fsp3) is 0.343. The van der Waals surface area contributed by atoms with Crippen molar-refractivity contribution in [1.29, 1.82) is 0 Å². The second-order valence-corrected chi connectivity index (χ2v) is 11.6. The average molecular weight is 657 g/mol. The van der Waals surface area contributed by atoms with E-state index in [0.717, 1.165) is 25.7 Å². The predicted molar refractivity (Wildman–Crippen MR) is 183 cm³/mol. The van der Waals surface area contributed by atoms with Gasteiger partial charge in [0, 0.05) is 61.2 Å². The minimum absolute atomic E-state index is 0.174. The number of carbonyl (C=O) groups excluding carboxylic acids is 4. The number of aryl methyl sites for hydroxylation is 1. The van der Waals surface area contributed by atoms with Gasteiger partial charge in [0.05, 0.1) is 25.1 Å². The highest BCUT2D eigenvalue weighted by molar-refractivity contribution is 6.05. The van der Waals surface area contributed by atoms with Gasteiger partial charge in [-0.15, -0.1) is 0 Å². The summed E-state index contributed by atoms with van der Waals surface area (Å²) in [5.74, 6) is 0.119. The molecular formula is C35H40N6O7. The number of amides is 3. The Hall–Kier alpha value is -5.43. The van der Waals surface area contributed by atoms with Crippen LogP contribution in [0.3, 0.4) is 0 Å². The van der Waals surface area contributed by atoms with Gasteiger partial charge in [-0.05, 0) is 76.2 Å². The zero-order valence-corrected chi connectivity index (χ0v) is 27.5. The molecule has 1 atom stereocenters. The molecule has 1 aliphatic heterocycles. The summed E-state index contributed by atoms with van der Waals surface area (Å²) in [5, 5.41) is 9.05. The molecule has 0 spiro atoms. The molecule has 0 bridgehead atoms. The van der Waals surface area contributed by atoms with Crippen LogP contribution in [0.1, 0.15) is 64.0 Å². The van der Waals surface area contributed by atoms with Gasteiger partial charge < -0.3 is 34.4 Å². The quantitative estimate of drug-likeness (QED) is 0.0952. The molecule has 5 rings (SSSR count). The van der Waals surface area contributed by atoms with Crippen LogP contribution >= 0.6 is 0 Å². The number of furan rings is 1. The number of fused-ring (bicyclic) bond motifs is 1. The third kappa shape index (κ3) is 8.10. The highest BCUT2D eigenvalue weighted by Crippen LogP contribution is 2.35. The monoisotopic (exact) mass is 656 g/mol. The first-order valence-electron chi connectivity index (χ1n) is 15.8. The van der Waals surface area contributed by atoms with Crippen LogP contribution < -0.4 is 25.4 Å². The van der Waals surface area contributed by atoms with Crippen molar-refractivity contribution in [2.45, 2.75) is 38.6 Å². The number of rotatable bonds is 14. The number of nitrogens with zero attached hydrogens (tertiary/aromatic N) is 3. The number of methoxy groups -OCH3 is 1. The fourth-order valence-corrected chi connectivity index (χ4v) is 5.51. The summed E-state index contributed by atoms with van der Waals surface area (Å²) >= 11 is 0. The van der Waals surface area contributed by atoms with Gasteiger partial charge in [0.2, 0.25) is 5.91 Å². The molecule has 252 valence electrons. The van der Waals surface area contributed by atoms with Crippen molar-refractivity contribution in [3.8, 4) is 11.5 Å². The van der Waals surface area contributed by atoms with Crippen LogP contribution in [0, 0.1) is 0 Å². The van der Waals surface area contributed by atoms with Crippen LogP contribution in [0.25, 0.3) is 11.0 Å². The maximum absolute atomic E-state index is 13.1. The standard InChI is InChI=1S/C35H40N6O7/c1-5-36-35(45)32-15-22-14-24(10-11-29(22)48-32)39-34(44)28-17-25(20-41(28)3)38-33(43)9-7-13-47-31-18-27(23(21-42)16-30(31)46-4)37-19-26-8-6-12-40(26)2/h10-11,14-21,26H,5-9,12-13H2,1-4H3,(H,36,45)(H,38,43)(H,39,44). The van der Waals surface area contributed by atoms with E-state index < -0.39 is 0 Å². The molecule has 2 aromatic carbocycles. The first-order valence-corrected chi connectivity index (χ1v) is 15.8. The lowest BCUT2D eigenvalue weighted by Crippen LogP contribution is -2.25. The second-order valence-electron chi connectivity index (χ2n) is 11.6. The van der Waals surface area contributed by atoms with Gasteiger partial charge in [-0.2, -0.15) is 0 Å². The van der Waals surface area contributed by atoms with Crippen molar-refractivity contribution < 1.29 is 33.1 Å². The van der Waals surface area contributed by atoms with Gasteiger partial charge in [0.15, 0.2) is 23.5 Å². The maximum atomic E-state index is 13.1. The van der Waals surface area contributed by atoms with Crippen LogP contribution in [0.4, 0.5) is 17.1 Å². The number of aliphatic imine (C=N–C) groups is 1.